The Kier molecular flexibility index (Phi) is 5.71. The zero-order valence-corrected chi connectivity index (χ0v) is 14.2. The molecule has 1 N–H and O–H groups in total. The lowest BCUT2D eigenvalue weighted by Crippen LogP contribution is -2.41. The van der Waals surface area contributed by atoms with Crippen LogP contribution < -0.4 is 0 Å². The number of sulfonamides is 1. The van der Waals surface area contributed by atoms with Crippen LogP contribution in [0.15, 0.2) is 23.1 Å². The number of aliphatic hydroxyl groups is 1. The molecule has 1 aromatic carbocycles. The SMILES string of the molecule is CCc1ccc(S(=O)(=O)N2CCSC(CC)C2)cc1CO. The number of benzene rings is 1. The van der Waals surface area contributed by atoms with Gasteiger partial charge in [-0.05, 0) is 36.1 Å². The lowest BCUT2D eigenvalue weighted by molar-refractivity contribution is 0.280. The minimum Gasteiger partial charge on any atom is -0.392 e. The minimum absolute atomic E-state index is 0.125. The summed E-state index contributed by atoms with van der Waals surface area (Å²) in [7, 11) is -3.45. The fraction of sp³-hybridized carbons (Fsp3) is 0.600. The van der Waals surface area contributed by atoms with Crippen LogP contribution in [-0.2, 0) is 23.1 Å². The molecule has 0 aromatic heterocycles. The zero-order chi connectivity index (χ0) is 15.5. The van der Waals surface area contributed by atoms with E-state index in [1.165, 1.54) is 0 Å². The first-order valence-electron chi connectivity index (χ1n) is 7.37. The van der Waals surface area contributed by atoms with E-state index in [0.29, 0.717) is 28.8 Å². The van der Waals surface area contributed by atoms with Crippen molar-refractivity contribution < 1.29 is 13.5 Å². The number of aryl methyl sites for hydroxylation is 1. The molecule has 0 radical (unpaired) electrons. The maximum Gasteiger partial charge on any atom is 0.243 e. The van der Waals surface area contributed by atoms with Gasteiger partial charge in [-0.1, -0.05) is 19.9 Å². The van der Waals surface area contributed by atoms with Gasteiger partial charge in [-0.2, -0.15) is 16.1 Å². The Balaban J connectivity index is 2.30. The summed E-state index contributed by atoms with van der Waals surface area (Å²) >= 11 is 1.85. The Morgan fingerprint density at radius 2 is 2.10 bits per heavy atom. The van der Waals surface area contributed by atoms with E-state index in [4.69, 9.17) is 0 Å². The summed E-state index contributed by atoms with van der Waals surface area (Å²) in [6, 6.07) is 5.10. The first kappa shape index (κ1) is 16.8. The van der Waals surface area contributed by atoms with Gasteiger partial charge in [0, 0.05) is 24.1 Å². The molecule has 2 rings (SSSR count). The number of rotatable bonds is 5. The van der Waals surface area contributed by atoms with Crippen LogP contribution in [0, 0.1) is 0 Å². The maximum atomic E-state index is 12.8. The molecule has 1 aliphatic heterocycles. The summed E-state index contributed by atoms with van der Waals surface area (Å²) in [6.07, 6.45) is 1.77. The van der Waals surface area contributed by atoms with Gasteiger partial charge in [0.05, 0.1) is 11.5 Å². The molecule has 0 amide bonds. The Morgan fingerprint density at radius 3 is 2.71 bits per heavy atom. The van der Waals surface area contributed by atoms with Crippen molar-refractivity contribution in [1.29, 1.82) is 0 Å². The first-order chi connectivity index (χ1) is 10.0. The predicted molar refractivity (Wildman–Crippen MR) is 87.0 cm³/mol. The van der Waals surface area contributed by atoms with Gasteiger partial charge >= 0.3 is 0 Å². The maximum absolute atomic E-state index is 12.8. The molecule has 118 valence electrons. The molecule has 0 saturated carbocycles. The van der Waals surface area contributed by atoms with Crippen molar-refractivity contribution in [3.8, 4) is 0 Å². The van der Waals surface area contributed by atoms with Gasteiger partial charge < -0.3 is 5.11 Å². The van der Waals surface area contributed by atoms with Crippen molar-refractivity contribution >= 4 is 21.8 Å². The smallest absolute Gasteiger partial charge is 0.243 e. The summed E-state index contributed by atoms with van der Waals surface area (Å²) in [5.74, 6) is 0.845. The van der Waals surface area contributed by atoms with Crippen molar-refractivity contribution in [3.05, 3.63) is 29.3 Å². The average Bonchev–Trinajstić information content (AvgIpc) is 2.54. The second-order valence-corrected chi connectivity index (χ2v) is 8.55. The summed E-state index contributed by atoms with van der Waals surface area (Å²) in [6.45, 7) is 5.10. The number of nitrogens with zero attached hydrogens (tertiary/aromatic N) is 1. The first-order valence-corrected chi connectivity index (χ1v) is 9.86. The molecule has 4 nitrogen and oxygen atoms in total. The van der Waals surface area contributed by atoms with E-state index in [0.717, 1.165) is 24.2 Å². The Bertz CT molecular complexity index is 587. The predicted octanol–water partition coefficient (Wildman–Crippen LogP) is 2.26. The van der Waals surface area contributed by atoms with Crippen molar-refractivity contribution in [2.45, 2.75) is 43.4 Å². The van der Waals surface area contributed by atoms with Gasteiger partial charge in [-0.25, -0.2) is 8.42 Å². The van der Waals surface area contributed by atoms with Crippen molar-refractivity contribution in [2.24, 2.45) is 0 Å². The highest BCUT2D eigenvalue weighted by atomic mass is 32.2. The topological polar surface area (TPSA) is 57.6 Å². The van der Waals surface area contributed by atoms with Gasteiger partial charge in [-0.15, -0.1) is 0 Å². The zero-order valence-electron chi connectivity index (χ0n) is 12.6. The second-order valence-electron chi connectivity index (χ2n) is 5.21. The molecule has 0 spiro atoms. The number of hydrogen-bond donors (Lipinski definition) is 1. The normalized spacial score (nSPS) is 20.6. The molecular formula is C15H23NO3S2. The fourth-order valence-corrected chi connectivity index (χ4v) is 5.49. The quantitative estimate of drug-likeness (QED) is 0.900. The van der Waals surface area contributed by atoms with E-state index in [1.54, 1.807) is 16.4 Å². The van der Waals surface area contributed by atoms with E-state index in [2.05, 4.69) is 6.92 Å². The minimum atomic E-state index is -3.45. The molecule has 1 saturated heterocycles. The van der Waals surface area contributed by atoms with Gasteiger partial charge in [0.25, 0.3) is 0 Å². The van der Waals surface area contributed by atoms with Crippen LogP contribution in [0.25, 0.3) is 0 Å². The Labute approximate surface area is 131 Å². The molecule has 6 heteroatoms. The molecular weight excluding hydrogens is 306 g/mol. The summed E-state index contributed by atoms with van der Waals surface area (Å²) in [4.78, 5) is 0.297. The average molecular weight is 329 g/mol. The Hall–Kier alpha value is -0.560. The molecule has 21 heavy (non-hydrogen) atoms. The molecule has 1 fully saturated rings. The van der Waals surface area contributed by atoms with Crippen LogP contribution in [0.3, 0.4) is 0 Å². The second kappa shape index (κ2) is 7.13. The van der Waals surface area contributed by atoms with Crippen LogP contribution in [0.1, 0.15) is 31.4 Å². The molecule has 1 heterocycles. The highest BCUT2D eigenvalue weighted by Crippen LogP contribution is 2.27. The van der Waals surface area contributed by atoms with Crippen LogP contribution in [-0.4, -0.2) is 41.9 Å². The highest BCUT2D eigenvalue weighted by molar-refractivity contribution is 8.00. The van der Waals surface area contributed by atoms with Crippen LogP contribution >= 0.6 is 11.8 Å². The van der Waals surface area contributed by atoms with E-state index >= 15 is 0 Å². The third kappa shape index (κ3) is 3.62. The molecule has 1 aliphatic rings. The Morgan fingerprint density at radius 1 is 1.33 bits per heavy atom. The summed E-state index contributed by atoms with van der Waals surface area (Å²) in [5.41, 5.74) is 1.70. The number of hydrogen-bond acceptors (Lipinski definition) is 4. The van der Waals surface area contributed by atoms with Crippen molar-refractivity contribution in [3.63, 3.8) is 0 Å². The van der Waals surface area contributed by atoms with Gasteiger partial charge in [0.2, 0.25) is 10.0 Å². The lowest BCUT2D eigenvalue weighted by Gasteiger charge is -2.31. The monoisotopic (exact) mass is 329 g/mol. The molecule has 1 unspecified atom stereocenters. The number of thioether (sulfide) groups is 1. The molecule has 1 aromatic rings. The third-order valence-corrected chi connectivity index (χ3v) is 7.16. The van der Waals surface area contributed by atoms with E-state index in [9.17, 15) is 13.5 Å². The van der Waals surface area contributed by atoms with E-state index in [-0.39, 0.29) is 6.61 Å². The molecule has 1 atom stereocenters. The summed E-state index contributed by atoms with van der Waals surface area (Å²) in [5, 5.41) is 9.79. The van der Waals surface area contributed by atoms with Crippen LogP contribution in [0.5, 0.6) is 0 Å². The van der Waals surface area contributed by atoms with Gasteiger partial charge in [0.1, 0.15) is 0 Å². The van der Waals surface area contributed by atoms with Crippen LogP contribution in [0.4, 0.5) is 0 Å². The summed E-state index contributed by atoms with van der Waals surface area (Å²) < 4.78 is 27.1. The standard InChI is InChI=1S/C15H23NO3S2/c1-3-12-5-6-15(9-13(12)11-17)21(18,19)16-7-8-20-14(4-2)10-16/h5-6,9,14,17H,3-4,7-8,10-11H2,1-2H3. The molecule has 0 bridgehead atoms. The third-order valence-electron chi connectivity index (χ3n) is 3.92. The van der Waals surface area contributed by atoms with E-state index in [1.807, 2.05) is 24.8 Å². The fourth-order valence-electron chi connectivity index (χ4n) is 2.56. The lowest BCUT2D eigenvalue weighted by atomic mass is 10.1. The van der Waals surface area contributed by atoms with E-state index < -0.39 is 10.0 Å². The number of aliphatic hydroxyl groups excluding tert-OH is 1. The van der Waals surface area contributed by atoms with Crippen molar-refractivity contribution in [1.82, 2.24) is 4.31 Å². The largest absolute Gasteiger partial charge is 0.392 e. The van der Waals surface area contributed by atoms with Crippen LogP contribution in [0.2, 0.25) is 0 Å². The van der Waals surface area contributed by atoms with Gasteiger partial charge in [0.15, 0.2) is 0 Å². The molecule has 0 aliphatic carbocycles. The highest BCUT2D eigenvalue weighted by Gasteiger charge is 2.30. The van der Waals surface area contributed by atoms with Gasteiger partial charge in [-0.3, -0.25) is 0 Å². The van der Waals surface area contributed by atoms with Crippen molar-refractivity contribution in [2.75, 3.05) is 18.8 Å².